The van der Waals surface area contributed by atoms with E-state index in [2.05, 4.69) is 78.1 Å². The zero-order valence-electron chi connectivity index (χ0n) is 14.4. The van der Waals surface area contributed by atoms with Crippen molar-refractivity contribution in [2.24, 2.45) is 5.92 Å². The van der Waals surface area contributed by atoms with Crippen LogP contribution in [0.15, 0.2) is 84.9 Å². The third-order valence-corrected chi connectivity index (χ3v) is 5.95. The number of hydrogen-bond donors (Lipinski definition) is 1. The van der Waals surface area contributed by atoms with Crippen molar-refractivity contribution in [1.29, 1.82) is 0 Å². The molecule has 2 heteroatoms. The number of benzene rings is 3. The van der Waals surface area contributed by atoms with Crippen molar-refractivity contribution in [2.45, 2.75) is 18.4 Å². The number of nitrogens with one attached hydrogen (secondary N) is 1. The Morgan fingerprint density at radius 3 is 2.46 bits per heavy atom. The van der Waals surface area contributed by atoms with E-state index in [9.17, 15) is 0 Å². The standard InChI is InChI=1S/C24H20ClN/c25-19-12-9-17(10-13-19)24-21-8-4-7-20(21)22-15-18(11-14-23(22)26-24)16-5-2-1-3-6-16/h1-7,9-15,20-21,24,26H,8H2/t20-,21+,24+/m1/s1. The average molecular weight is 358 g/mol. The molecular weight excluding hydrogens is 338 g/mol. The predicted molar refractivity (Wildman–Crippen MR) is 110 cm³/mol. The minimum atomic E-state index is 0.322. The third-order valence-electron chi connectivity index (χ3n) is 5.70. The molecule has 1 aliphatic carbocycles. The Labute approximate surface area is 159 Å². The molecule has 3 aromatic rings. The van der Waals surface area contributed by atoms with Gasteiger partial charge in [0.05, 0.1) is 6.04 Å². The van der Waals surface area contributed by atoms with E-state index >= 15 is 0 Å². The molecule has 26 heavy (non-hydrogen) atoms. The van der Waals surface area contributed by atoms with Gasteiger partial charge in [0.25, 0.3) is 0 Å². The van der Waals surface area contributed by atoms with Gasteiger partial charge in [-0.3, -0.25) is 0 Å². The lowest BCUT2D eigenvalue weighted by Gasteiger charge is -2.37. The predicted octanol–water partition coefficient (Wildman–Crippen LogP) is 6.83. The second kappa shape index (κ2) is 6.34. The zero-order valence-corrected chi connectivity index (χ0v) is 15.2. The maximum atomic E-state index is 6.09. The lowest BCUT2D eigenvalue weighted by Crippen LogP contribution is -2.29. The Hall–Kier alpha value is -2.51. The van der Waals surface area contributed by atoms with Crippen molar-refractivity contribution in [3.63, 3.8) is 0 Å². The summed E-state index contributed by atoms with van der Waals surface area (Å²) in [6.45, 7) is 0. The molecule has 0 bridgehead atoms. The van der Waals surface area contributed by atoms with Crippen molar-refractivity contribution < 1.29 is 0 Å². The molecule has 0 amide bonds. The number of allylic oxidation sites excluding steroid dienone is 2. The Balaban J connectivity index is 1.56. The highest BCUT2D eigenvalue weighted by Crippen LogP contribution is 2.50. The van der Waals surface area contributed by atoms with Crippen LogP contribution in [0.4, 0.5) is 5.69 Å². The summed E-state index contributed by atoms with van der Waals surface area (Å²) < 4.78 is 0. The molecule has 2 aliphatic rings. The molecular formula is C24H20ClN. The van der Waals surface area contributed by atoms with Crippen molar-refractivity contribution in [2.75, 3.05) is 5.32 Å². The summed E-state index contributed by atoms with van der Waals surface area (Å²) in [6.07, 6.45) is 5.84. The van der Waals surface area contributed by atoms with Crippen molar-refractivity contribution in [3.05, 3.63) is 101 Å². The van der Waals surface area contributed by atoms with E-state index in [0.717, 1.165) is 11.4 Å². The molecule has 3 aromatic carbocycles. The summed E-state index contributed by atoms with van der Waals surface area (Å²) in [5.74, 6) is 1.02. The van der Waals surface area contributed by atoms with Crippen LogP contribution in [0, 0.1) is 5.92 Å². The fraction of sp³-hybridized carbons (Fsp3) is 0.167. The molecule has 3 atom stereocenters. The van der Waals surface area contributed by atoms with Gasteiger partial charge in [0.15, 0.2) is 0 Å². The number of hydrogen-bond acceptors (Lipinski definition) is 1. The number of halogens is 1. The normalized spacial score (nSPS) is 23.2. The first kappa shape index (κ1) is 15.7. The van der Waals surface area contributed by atoms with Crippen LogP contribution in [-0.4, -0.2) is 0 Å². The van der Waals surface area contributed by atoms with Gasteiger partial charge in [-0.1, -0.05) is 72.3 Å². The molecule has 0 fully saturated rings. The molecule has 0 saturated carbocycles. The minimum absolute atomic E-state index is 0.322. The van der Waals surface area contributed by atoms with Gasteiger partial charge >= 0.3 is 0 Å². The van der Waals surface area contributed by atoms with Gasteiger partial charge in [-0.05, 0) is 58.9 Å². The Kier molecular flexibility index (Phi) is 3.83. The maximum Gasteiger partial charge on any atom is 0.0553 e. The first-order chi connectivity index (χ1) is 12.8. The van der Waals surface area contributed by atoms with E-state index in [0.29, 0.717) is 17.9 Å². The van der Waals surface area contributed by atoms with Gasteiger partial charge in [-0.25, -0.2) is 0 Å². The quantitative estimate of drug-likeness (QED) is 0.495. The van der Waals surface area contributed by atoms with Gasteiger partial charge in [0, 0.05) is 16.6 Å². The maximum absolute atomic E-state index is 6.09. The van der Waals surface area contributed by atoms with E-state index in [-0.39, 0.29) is 0 Å². The number of rotatable bonds is 2. The molecule has 1 aliphatic heterocycles. The summed E-state index contributed by atoms with van der Waals surface area (Å²) in [4.78, 5) is 0. The fourth-order valence-electron chi connectivity index (χ4n) is 4.40. The van der Waals surface area contributed by atoms with E-state index < -0.39 is 0 Å². The van der Waals surface area contributed by atoms with Crippen LogP contribution in [0.3, 0.4) is 0 Å². The minimum Gasteiger partial charge on any atom is -0.378 e. The number of anilines is 1. The van der Waals surface area contributed by atoms with Crippen molar-refractivity contribution in [3.8, 4) is 11.1 Å². The first-order valence-corrected chi connectivity index (χ1v) is 9.55. The zero-order chi connectivity index (χ0) is 17.5. The smallest absolute Gasteiger partial charge is 0.0553 e. The third kappa shape index (κ3) is 2.64. The van der Waals surface area contributed by atoms with Gasteiger partial charge in [-0.2, -0.15) is 0 Å². The molecule has 1 heterocycles. The molecule has 0 spiro atoms. The lowest BCUT2D eigenvalue weighted by atomic mass is 9.76. The van der Waals surface area contributed by atoms with Crippen molar-refractivity contribution >= 4 is 17.3 Å². The highest BCUT2D eigenvalue weighted by Gasteiger charge is 2.37. The van der Waals surface area contributed by atoms with Crippen molar-refractivity contribution in [1.82, 2.24) is 0 Å². The SMILES string of the molecule is Clc1ccc([C@@H]2Nc3ccc(-c4ccccc4)cc3[C@@H]3C=CC[C@@H]32)cc1. The summed E-state index contributed by atoms with van der Waals surface area (Å²) in [6, 6.07) is 26.0. The van der Waals surface area contributed by atoms with Crippen LogP contribution in [-0.2, 0) is 0 Å². The van der Waals surface area contributed by atoms with E-state index in [1.165, 1.54) is 27.9 Å². The van der Waals surface area contributed by atoms with Gasteiger partial charge in [0.1, 0.15) is 0 Å². The van der Waals surface area contributed by atoms with E-state index in [4.69, 9.17) is 11.6 Å². The van der Waals surface area contributed by atoms with Crippen LogP contribution in [0.5, 0.6) is 0 Å². The lowest BCUT2D eigenvalue weighted by molar-refractivity contribution is 0.425. The molecule has 0 unspecified atom stereocenters. The van der Waals surface area contributed by atoms with Crippen LogP contribution in [0.1, 0.15) is 29.5 Å². The molecule has 5 rings (SSSR count). The fourth-order valence-corrected chi connectivity index (χ4v) is 4.53. The topological polar surface area (TPSA) is 12.0 Å². The van der Waals surface area contributed by atoms with E-state index in [1.807, 2.05) is 12.1 Å². The van der Waals surface area contributed by atoms with Gasteiger partial charge in [-0.15, -0.1) is 0 Å². The molecule has 0 radical (unpaired) electrons. The van der Waals surface area contributed by atoms with Gasteiger partial charge in [0.2, 0.25) is 0 Å². The Bertz CT molecular complexity index is 959. The Morgan fingerprint density at radius 2 is 1.65 bits per heavy atom. The van der Waals surface area contributed by atoms with Crippen LogP contribution < -0.4 is 5.32 Å². The summed E-state index contributed by atoms with van der Waals surface area (Å²) in [5, 5.41) is 4.59. The second-order valence-corrected chi connectivity index (χ2v) is 7.63. The summed E-state index contributed by atoms with van der Waals surface area (Å²) >= 11 is 6.09. The average Bonchev–Trinajstić information content (AvgIpc) is 3.19. The monoisotopic (exact) mass is 357 g/mol. The molecule has 0 aromatic heterocycles. The molecule has 1 N–H and O–H groups in total. The number of fused-ring (bicyclic) bond motifs is 3. The van der Waals surface area contributed by atoms with Crippen LogP contribution in [0.25, 0.3) is 11.1 Å². The Morgan fingerprint density at radius 1 is 0.846 bits per heavy atom. The van der Waals surface area contributed by atoms with Gasteiger partial charge < -0.3 is 5.32 Å². The second-order valence-electron chi connectivity index (χ2n) is 7.20. The highest BCUT2D eigenvalue weighted by molar-refractivity contribution is 6.30. The molecule has 0 saturated heterocycles. The molecule has 1 nitrogen and oxygen atoms in total. The summed E-state index contributed by atoms with van der Waals surface area (Å²) in [7, 11) is 0. The molecule has 128 valence electrons. The first-order valence-electron chi connectivity index (χ1n) is 9.17. The highest BCUT2D eigenvalue weighted by atomic mass is 35.5. The largest absolute Gasteiger partial charge is 0.378 e. The summed E-state index contributed by atoms with van der Waals surface area (Å²) in [5.41, 5.74) is 6.53. The van der Waals surface area contributed by atoms with E-state index in [1.54, 1.807) is 0 Å². The van der Waals surface area contributed by atoms with Crippen LogP contribution >= 0.6 is 11.6 Å². The van der Waals surface area contributed by atoms with Crippen LogP contribution in [0.2, 0.25) is 5.02 Å².